The van der Waals surface area contributed by atoms with Crippen LogP contribution in [0.3, 0.4) is 0 Å². The molecule has 0 radical (unpaired) electrons. The maximum atomic E-state index is 13.2. The molecule has 3 rings (SSSR count). The standard InChI is InChI=1S/C18H22FN3O6S3/c1-2-11-30(25,26)21-9-10-22(15(12-21)18(23)20-24)31(27,28)17-8-7-16(29-17)13-3-5-14(19)6-4-13/h3-8,15,24H,2,9-12H2,1H3,(H,20,23)/t15-/m1/s1. The number of hydrogen-bond acceptors (Lipinski definition) is 7. The molecule has 31 heavy (non-hydrogen) atoms. The first-order valence-corrected chi connectivity index (χ1v) is 13.3. The number of nitrogens with zero attached hydrogens (tertiary/aromatic N) is 2. The molecule has 1 aromatic heterocycles. The molecule has 1 aliphatic rings. The van der Waals surface area contributed by atoms with Gasteiger partial charge in [-0.25, -0.2) is 26.7 Å². The third kappa shape index (κ3) is 4.96. The number of sulfonamides is 2. The fraction of sp³-hybridized carbons (Fsp3) is 0.389. The maximum Gasteiger partial charge on any atom is 0.263 e. The van der Waals surface area contributed by atoms with Gasteiger partial charge in [0.1, 0.15) is 16.1 Å². The van der Waals surface area contributed by atoms with Crippen molar-refractivity contribution in [2.45, 2.75) is 23.6 Å². The number of hydroxylamine groups is 1. The number of nitrogens with one attached hydrogen (secondary N) is 1. The van der Waals surface area contributed by atoms with E-state index in [4.69, 9.17) is 5.21 Å². The summed E-state index contributed by atoms with van der Waals surface area (Å²) in [6.45, 7) is 0.954. The molecule has 2 aromatic rings. The third-order valence-electron chi connectivity index (χ3n) is 4.84. The lowest BCUT2D eigenvalue weighted by molar-refractivity contribution is -0.134. The SMILES string of the molecule is CCCS(=O)(=O)N1CCN(S(=O)(=O)c2ccc(-c3ccc(F)cc3)s2)[C@@H](C(=O)NO)C1. The number of rotatable bonds is 7. The highest BCUT2D eigenvalue weighted by Gasteiger charge is 2.43. The van der Waals surface area contributed by atoms with Gasteiger partial charge in [-0.3, -0.25) is 10.0 Å². The lowest BCUT2D eigenvalue weighted by atomic mass is 10.2. The van der Waals surface area contributed by atoms with Crippen LogP contribution >= 0.6 is 11.3 Å². The molecule has 0 unspecified atom stereocenters. The van der Waals surface area contributed by atoms with Crippen molar-refractivity contribution in [1.82, 2.24) is 14.1 Å². The fourth-order valence-corrected chi connectivity index (χ4v) is 7.81. The predicted molar refractivity (Wildman–Crippen MR) is 113 cm³/mol. The highest BCUT2D eigenvalue weighted by molar-refractivity contribution is 7.91. The van der Waals surface area contributed by atoms with Gasteiger partial charge in [0.05, 0.1) is 5.75 Å². The van der Waals surface area contributed by atoms with Gasteiger partial charge < -0.3 is 0 Å². The topological polar surface area (TPSA) is 124 Å². The number of thiophene rings is 1. The summed E-state index contributed by atoms with van der Waals surface area (Å²) >= 11 is 0.950. The maximum absolute atomic E-state index is 13.2. The van der Waals surface area contributed by atoms with E-state index in [0.29, 0.717) is 16.9 Å². The molecular weight excluding hydrogens is 469 g/mol. The van der Waals surface area contributed by atoms with Crippen molar-refractivity contribution in [3.8, 4) is 10.4 Å². The molecule has 2 N–H and O–H groups in total. The average molecular weight is 492 g/mol. The second kappa shape index (κ2) is 9.30. The van der Waals surface area contributed by atoms with Crippen LogP contribution in [0.2, 0.25) is 0 Å². The number of halogens is 1. The first kappa shape index (κ1) is 23.8. The second-order valence-corrected chi connectivity index (χ2v) is 12.2. The number of amides is 1. The van der Waals surface area contributed by atoms with E-state index in [2.05, 4.69) is 0 Å². The van der Waals surface area contributed by atoms with Crippen molar-refractivity contribution >= 4 is 37.3 Å². The fourth-order valence-electron chi connectivity index (χ4n) is 3.30. The van der Waals surface area contributed by atoms with Gasteiger partial charge in [-0.2, -0.15) is 8.61 Å². The average Bonchev–Trinajstić information content (AvgIpc) is 3.24. The molecule has 1 atom stereocenters. The molecule has 1 saturated heterocycles. The number of carbonyl (C=O) groups excluding carboxylic acids is 1. The van der Waals surface area contributed by atoms with Gasteiger partial charge in [0.2, 0.25) is 10.0 Å². The highest BCUT2D eigenvalue weighted by Crippen LogP contribution is 2.34. The summed E-state index contributed by atoms with van der Waals surface area (Å²) in [6.07, 6.45) is 0.374. The Morgan fingerprint density at radius 1 is 1.16 bits per heavy atom. The van der Waals surface area contributed by atoms with Gasteiger partial charge >= 0.3 is 0 Å². The van der Waals surface area contributed by atoms with E-state index in [1.807, 2.05) is 0 Å². The van der Waals surface area contributed by atoms with Crippen LogP contribution in [0.4, 0.5) is 4.39 Å². The van der Waals surface area contributed by atoms with E-state index >= 15 is 0 Å². The van der Waals surface area contributed by atoms with Gasteiger partial charge in [-0.05, 0) is 36.2 Å². The van der Waals surface area contributed by atoms with Gasteiger partial charge in [-0.1, -0.05) is 19.1 Å². The van der Waals surface area contributed by atoms with Crippen molar-refractivity contribution < 1.29 is 31.2 Å². The van der Waals surface area contributed by atoms with Crippen molar-refractivity contribution in [2.24, 2.45) is 0 Å². The number of benzene rings is 1. The molecule has 9 nitrogen and oxygen atoms in total. The number of piperazine rings is 1. The van der Waals surface area contributed by atoms with Gasteiger partial charge in [0.25, 0.3) is 15.9 Å². The Morgan fingerprint density at radius 3 is 2.45 bits per heavy atom. The van der Waals surface area contributed by atoms with Gasteiger partial charge in [-0.15, -0.1) is 11.3 Å². The predicted octanol–water partition coefficient (Wildman–Crippen LogP) is 1.47. The summed E-state index contributed by atoms with van der Waals surface area (Å²) < 4.78 is 66.3. The summed E-state index contributed by atoms with van der Waals surface area (Å²) in [5, 5.41) is 9.09. The second-order valence-electron chi connectivity index (χ2n) is 6.91. The Balaban J connectivity index is 1.91. The van der Waals surface area contributed by atoms with E-state index in [9.17, 15) is 26.0 Å². The van der Waals surface area contributed by atoms with Crippen molar-refractivity contribution in [1.29, 1.82) is 0 Å². The molecule has 1 aliphatic heterocycles. The smallest absolute Gasteiger partial charge is 0.263 e. The molecule has 0 saturated carbocycles. The zero-order chi connectivity index (χ0) is 22.8. The molecule has 0 spiro atoms. The van der Waals surface area contributed by atoms with Crippen LogP contribution in [-0.2, 0) is 24.8 Å². The first-order valence-electron chi connectivity index (χ1n) is 9.39. The molecule has 1 fully saturated rings. The monoisotopic (exact) mass is 491 g/mol. The molecular formula is C18H22FN3O6S3. The Morgan fingerprint density at radius 2 is 1.84 bits per heavy atom. The normalized spacial score (nSPS) is 18.7. The van der Waals surface area contributed by atoms with Crippen molar-refractivity contribution in [3.05, 3.63) is 42.2 Å². The number of hydrogen-bond donors (Lipinski definition) is 2. The minimum Gasteiger partial charge on any atom is -0.289 e. The summed E-state index contributed by atoms with van der Waals surface area (Å²) in [5.74, 6) is -1.56. The highest BCUT2D eigenvalue weighted by atomic mass is 32.2. The molecule has 1 amide bonds. The van der Waals surface area contributed by atoms with E-state index < -0.39 is 44.4 Å². The zero-order valence-corrected chi connectivity index (χ0v) is 19.0. The van der Waals surface area contributed by atoms with Crippen LogP contribution in [0.5, 0.6) is 0 Å². The molecule has 0 aliphatic carbocycles. The molecule has 170 valence electrons. The Kier molecular flexibility index (Phi) is 7.13. The molecule has 1 aromatic carbocycles. The summed E-state index contributed by atoms with van der Waals surface area (Å²) in [6, 6.07) is 7.11. The van der Waals surface area contributed by atoms with Crippen LogP contribution < -0.4 is 5.48 Å². The first-order chi connectivity index (χ1) is 14.6. The van der Waals surface area contributed by atoms with Crippen LogP contribution in [0.1, 0.15) is 13.3 Å². The van der Waals surface area contributed by atoms with Crippen LogP contribution in [0.25, 0.3) is 10.4 Å². The third-order valence-corrected chi connectivity index (χ3v) is 10.4. The molecule has 2 heterocycles. The van der Waals surface area contributed by atoms with Crippen LogP contribution in [-0.4, -0.2) is 68.0 Å². The van der Waals surface area contributed by atoms with Crippen LogP contribution in [0, 0.1) is 5.82 Å². The van der Waals surface area contributed by atoms with E-state index in [1.54, 1.807) is 13.0 Å². The Bertz CT molecular complexity index is 1150. The minimum atomic E-state index is -4.16. The number of carbonyl (C=O) groups is 1. The van der Waals surface area contributed by atoms with Crippen molar-refractivity contribution in [2.75, 3.05) is 25.4 Å². The van der Waals surface area contributed by atoms with Gasteiger partial charge in [0, 0.05) is 24.5 Å². The summed E-state index contributed by atoms with van der Waals surface area (Å²) in [5.41, 5.74) is 2.06. The Hall–Kier alpha value is -1.90. The van der Waals surface area contributed by atoms with E-state index in [0.717, 1.165) is 19.9 Å². The summed E-state index contributed by atoms with van der Waals surface area (Å²) in [4.78, 5) is 12.8. The molecule has 13 heteroatoms. The van der Waals surface area contributed by atoms with Gasteiger partial charge in [0.15, 0.2) is 0 Å². The lowest BCUT2D eigenvalue weighted by Gasteiger charge is -2.38. The van der Waals surface area contributed by atoms with E-state index in [-0.39, 0.29) is 23.1 Å². The molecule has 0 bridgehead atoms. The zero-order valence-electron chi connectivity index (χ0n) is 16.6. The minimum absolute atomic E-state index is 0.0487. The quantitative estimate of drug-likeness (QED) is 0.447. The van der Waals surface area contributed by atoms with E-state index in [1.165, 1.54) is 35.8 Å². The summed E-state index contributed by atoms with van der Waals surface area (Å²) in [7, 11) is -7.81. The lowest BCUT2D eigenvalue weighted by Crippen LogP contribution is -2.61. The van der Waals surface area contributed by atoms with Crippen LogP contribution in [0.15, 0.2) is 40.6 Å². The largest absolute Gasteiger partial charge is 0.289 e. The van der Waals surface area contributed by atoms with Crippen molar-refractivity contribution in [3.63, 3.8) is 0 Å². The Labute approximate surface area is 184 Å².